The lowest BCUT2D eigenvalue weighted by Crippen LogP contribution is -1.87. The zero-order chi connectivity index (χ0) is 16.5. The lowest BCUT2D eigenvalue weighted by molar-refractivity contribution is 0.628. The van der Waals surface area contributed by atoms with Crippen molar-refractivity contribution < 1.29 is 4.39 Å². The lowest BCUT2D eigenvalue weighted by Gasteiger charge is -2.04. The van der Waals surface area contributed by atoms with Crippen LogP contribution in [0.15, 0.2) is 55.1 Å². The monoisotopic (exact) mass is 315 g/mol. The van der Waals surface area contributed by atoms with Gasteiger partial charge in [0.2, 0.25) is 0 Å². The average molecular weight is 315 g/mol. The maximum Gasteiger partial charge on any atom is 0.141 e. The molecule has 0 amide bonds. The van der Waals surface area contributed by atoms with E-state index in [1.165, 1.54) is 18.5 Å². The molecule has 0 unspecified atom stereocenters. The maximum absolute atomic E-state index is 13.3. The van der Waals surface area contributed by atoms with Gasteiger partial charge in [0, 0.05) is 23.5 Å². The molecule has 5 nitrogen and oxygen atoms in total. The Bertz CT molecular complexity index is 1060. The van der Waals surface area contributed by atoms with Gasteiger partial charge in [-0.25, -0.2) is 19.3 Å². The first-order valence-electron chi connectivity index (χ1n) is 7.20. The van der Waals surface area contributed by atoms with Crippen molar-refractivity contribution in [2.24, 2.45) is 0 Å². The van der Waals surface area contributed by atoms with Crippen LogP contribution in [0.5, 0.6) is 0 Å². The van der Waals surface area contributed by atoms with Crippen LogP contribution in [0.3, 0.4) is 0 Å². The third kappa shape index (κ3) is 2.29. The molecule has 4 rings (SSSR count). The third-order valence-corrected chi connectivity index (χ3v) is 3.74. The van der Waals surface area contributed by atoms with E-state index in [2.05, 4.69) is 19.9 Å². The summed E-state index contributed by atoms with van der Waals surface area (Å²) in [6, 6.07) is 11.7. The highest BCUT2D eigenvalue weighted by Gasteiger charge is 2.17. The molecule has 24 heavy (non-hydrogen) atoms. The molecule has 6 heteroatoms. The number of aromatic amines is 1. The van der Waals surface area contributed by atoms with Gasteiger partial charge in [-0.1, -0.05) is 0 Å². The van der Waals surface area contributed by atoms with Gasteiger partial charge in [-0.2, -0.15) is 5.26 Å². The molecule has 0 atom stereocenters. The van der Waals surface area contributed by atoms with Crippen molar-refractivity contribution >= 4 is 11.0 Å². The molecular formula is C18H10FN5. The fraction of sp³-hybridized carbons (Fsp3) is 0. The van der Waals surface area contributed by atoms with Gasteiger partial charge in [-0.05, 0) is 42.0 Å². The molecule has 1 aromatic carbocycles. The van der Waals surface area contributed by atoms with E-state index in [1.54, 1.807) is 36.7 Å². The summed E-state index contributed by atoms with van der Waals surface area (Å²) in [4.78, 5) is 15.8. The second-order valence-electron chi connectivity index (χ2n) is 5.21. The molecule has 0 bridgehead atoms. The van der Waals surface area contributed by atoms with Gasteiger partial charge in [0.15, 0.2) is 0 Å². The largest absolute Gasteiger partial charge is 0.353 e. The molecule has 0 aliphatic rings. The Morgan fingerprint density at radius 3 is 2.42 bits per heavy atom. The maximum atomic E-state index is 13.3. The van der Waals surface area contributed by atoms with E-state index in [9.17, 15) is 4.39 Å². The molecule has 4 aromatic rings. The summed E-state index contributed by atoms with van der Waals surface area (Å²) in [5.41, 5.74) is 4.91. The summed E-state index contributed by atoms with van der Waals surface area (Å²) >= 11 is 0. The first-order valence-corrected chi connectivity index (χ1v) is 7.20. The van der Waals surface area contributed by atoms with Gasteiger partial charge in [0.05, 0.1) is 16.7 Å². The van der Waals surface area contributed by atoms with Crippen LogP contribution < -0.4 is 0 Å². The number of hydrogen-bond acceptors (Lipinski definition) is 4. The summed E-state index contributed by atoms with van der Waals surface area (Å²) < 4.78 is 13.3. The molecule has 0 fully saturated rings. The lowest BCUT2D eigenvalue weighted by atomic mass is 10.0. The second-order valence-corrected chi connectivity index (χ2v) is 5.21. The minimum Gasteiger partial charge on any atom is -0.353 e. The number of H-pyrrole nitrogens is 1. The minimum atomic E-state index is -0.302. The van der Waals surface area contributed by atoms with Crippen LogP contribution in [0, 0.1) is 17.1 Å². The number of benzene rings is 1. The van der Waals surface area contributed by atoms with E-state index in [1.807, 2.05) is 6.07 Å². The summed E-state index contributed by atoms with van der Waals surface area (Å²) in [5.74, 6) is -0.302. The summed E-state index contributed by atoms with van der Waals surface area (Å²) in [5, 5.41) is 9.12. The van der Waals surface area contributed by atoms with Crippen LogP contribution in [0.2, 0.25) is 0 Å². The second kappa shape index (κ2) is 5.56. The van der Waals surface area contributed by atoms with E-state index in [0.717, 1.165) is 27.9 Å². The fourth-order valence-electron chi connectivity index (χ4n) is 2.67. The van der Waals surface area contributed by atoms with Crippen molar-refractivity contribution in [1.29, 1.82) is 5.26 Å². The first kappa shape index (κ1) is 14.0. The number of rotatable bonds is 2. The van der Waals surface area contributed by atoms with Crippen LogP contribution in [0.1, 0.15) is 5.69 Å². The smallest absolute Gasteiger partial charge is 0.141 e. The van der Waals surface area contributed by atoms with Gasteiger partial charge < -0.3 is 4.98 Å². The van der Waals surface area contributed by atoms with Gasteiger partial charge in [0.25, 0.3) is 0 Å². The van der Waals surface area contributed by atoms with E-state index in [4.69, 9.17) is 5.26 Å². The van der Waals surface area contributed by atoms with E-state index in [-0.39, 0.29) is 5.82 Å². The number of pyridine rings is 1. The Morgan fingerprint density at radius 2 is 1.71 bits per heavy atom. The van der Waals surface area contributed by atoms with Gasteiger partial charge in [0.1, 0.15) is 23.9 Å². The van der Waals surface area contributed by atoms with E-state index in [0.29, 0.717) is 11.2 Å². The predicted molar refractivity (Wildman–Crippen MR) is 87.2 cm³/mol. The average Bonchev–Trinajstić information content (AvgIpc) is 3.01. The van der Waals surface area contributed by atoms with Crippen molar-refractivity contribution in [3.63, 3.8) is 0 Å². The molecule has 1 N–H and O–H groups in total. The highest BCUT2D eigenvalue weighted by molar-refractivity contribution is 6.01. The molecule has 3 heterocycles. The van der Waals surface area contributed by atoms with Crippen LogP contribution in [0.4, 0.5) is 4.39 Å². The zero-order valence-corrected chi connectivity index (χ0v) is 12.4. The normalized spacial score (nSPS) is 10.7. The Balaban J connectivity index is 2.06. The Morgan fingerprint density at radius 1 is 0.958 bits per heavy atom. The van der Waals surface area contributed by atoms with Crippen molar-refractivity contribution in [3.8, 4) is 28.5 Å². The molecule has 0 saturated carbocycles. The molecule has 114 valence electrons. The fourth-order valence-corrected chi connectivity index (χ4v) is 2.67. The number of hydrogen-bond donors (Lipinski definition) is 1. The molecule has 0 spiro atoms. The zero-order valence-electron chi connectivity index (χ0n) is 12.4. The van der Waals surface area contributed by atoms with E-state index < -0.39 is 0 Å². The van der Waals surface area contributed by atoms with Crippen molar-refractivity contribution in [1.82, 2.24) is 19.9 Å². The Labute approximate surface area is 136 Å². The standard InChI is InChI=1S/C18H10FN5/c19-13-3-1-11(2-4-13)17-16(12-8-21-10-22-9-12)18-15(24-17)6-5-14(7-20)23-18/h1-6,8-10,24H. The summed E-state index contributed by atoms with van der Waals surface area (Å²) in [7, 11) is 0. The molecular weight excluding hydrogens is 305 g/mol. The van der Waals surface area contributed by atoms with Crippen LogP contribution in [-0.2, 0) is 0 Å². The summed E-state index contributed by atoms with van der Waals surface area (Å²) in [6.45, 7) is 0. The highest BCUT2D eigenvalue weighted by Crippen LogP contribution is 2.36. The summed E-state index contributed by atoms with van der Waals surface area (Å²) in [6.07, 6.45) is 4.82. The Kier molecular flexibility index (Phi) is 3.25. The quantitative estimate of drug-likeness (QED) is 0.612. The molecule has 0 radical (unpaired) electrons. The number of fused-ring (bicyclic) bond motifs is 1. The van der Waals surface area contributed by atoms with Crippen molar-refractivity contribution in [2.45, 2.75) is 0 Å². The van der Waals surface area contributed by atoms with Gasteiger partial charge in [-0.3, -0.25) is 0 Å². The number of nitrogens with zero attached hydrogens (tertiary/aromatic N) is 4. The van der Waals surface area contributed by atoms with Crippen molar-refractivity contribution in [2.75, 3.05) is 0 Å². The molecule has 0 aliphatic carbocycles. The number of nitrogens with one attached hydrogen (secondary N) is 1. The third-order valence-electron chi connectivity index (χ3n) is 3.74. The van der Waals surface area contributed by atoms with Crippen LogP contribution in [-0.4, -0.2) is 19.9 Å². The molecule has 0 saturated heterocycles. The minimum absolute atomic E-state index is 0.302. The molecule has 0 aliphatic heterocycles. The first-order chi connectivity index (χ1) is 11.8. The van der Waals surface area contributed by atoms with Gasteiger partial charge in [-0.15, -0.1) is 0 Å². The SMILES string of the molecule is N#Cc1ccc2[nH]c(-c3ccc(F)cc3)c(-c3cncnc3)c2n1. The number of halogens is 1. The number of aromatic nitrogens is 4. The van der Waals surface area contributed by atoms with Gasteiger partial charge >= 0.3 is 0 Å². The van der Waals surface area contributed by atoms with E-state index >= 15 is 0 Å². The van der Waals surface area contributed by atoms with Crippen LogP contribution >= 0.6 is 0 Å². The van der Waals surface area contributed by atoms with Crippen LogP contribution in [0.25, 0.3) is 33.4 Å². The predicted octanol–water partition coefficient (Wildman–Crippen LogP) is 3.70. The topological polar surface area (TPSA) is 78.2 Å². The van der Waals surface area contributed by atoms with Crippen molar-refractivity contribution in [3.05, 3.63) is 66.6 Å². The Hall–Kier alpha value is -3.59. The highest BCUT2D eigenvalue weighted by atomic mass is 19.1. The number of nitriles is 1. The molecule has 3 aromatic heterocycles.